The van der Waals surface area contributed by atoms with Crippen LogP contribution in [-0.2, 0) is 0 Å². The molecule has 1 aromatic carbocycles. The van der Waals surface area contributed by atoms with Crippen LogP contribution in [0.25, 0.3) is 11.0 Å². The molecule has 19 heavy (non-hydrogen) atoms. The summed E-state index contributed by atoms with van der Waals surface area (Å²) in [6.07, 6.45) is 0. The van der Waals surface area contributed by atoms with Crippen molar-refractivity contribution >= 4 is 34.9 Å². The lowest BCUT2D eigenvalue weighted by Gasteiger charge is -2.12. The van der Waals surface area contributed by atoms with Gasteiger partial charge >= 0.3 is 0 Å². The van der Waals surface area contributed by atoms with E-state index in [9.17, 15) is 4.39 Å². The Kier molecular flexibility index (Phi) is 3.50. The van der Waals surface area contributed by atoms with Crippen LogP contribution in [0.1, 0.15) is 6.92 Å². The van der Waals surface area contributed by atoms with Crippen LogP contribution in [0.3, 0.4) is 0 Å². The van der Waals surface area contributed by atoms with E-state index in [0.717, 1.165) is 0 Å². The first kappa shape index (κ1) is 13.4. The van der Waals surface area contributed by atoms with Gasteiger partial charge in [-0.1, -0.05) is 0 Å². The molecule has 0 saturated carbocycles. The molecule has 0 fully saturated rings. The lowest BCUT2D eigenvalue weighted by Crippen LogP contribution is -2.30. The molecule has 6 nitrogen and oxygen atoms in total. The van der Waals surface area contributed by atoms with Gasteiger partial charge in [-0.25, -0.2) is 14.4 Å². The Balaban J connectivity index is 0.00000133. The van der Waals surface area contributed by atoms with Gasteiger partial charge in [-0.05, 0) is 19.1 Å². The first-order valence-electron chi connectivity index (χ1n) is 5.54. The summed E-state index contributed by atoms with van der Waals surface area (Å²) >= 11 is 0. The summed E-state index contributed by atoms with van der Waals surface area (Å²) in [4.78, 5) is 8.43. The summed E-state index contributed by atoms with van der Waals surface area (Å²) in [5.74, 6) is 0.134. The molecule has 3 rings (SSSR count). The fourth-order valence-electron chi connectivity index (χ4n) is 1.78. The number of hydrogen-bond acceptors (Lipinski definition) is 6. The minimum absolute atomic E-state index is 0. The van der Waals surface area contributed by atoms with Crippen LogP contribution in [0.4, 0.5) is 15.9 Å². The fraction of sp³-hybridized carbons (Fsp3) is 0.182. The van der Waals surface area contributed by atoms with Crippen molar-refractivity contribution in [2.24, 2.45) is 0 Å². The van der Waals surface area contributed by atoms with Crippen LogP contribution in [0.2, 0.25) is 0 Å². The van der Waals surface area contributed by atoms with E-state index in [-0.39, 0.29) is 17.9 Å². The van der Waals surface area contributed by atoms with Gasteiger partial charge in [-0.15, -0.1) is 17.5 Å². The number of hydrogen-bond donors (Lipinski definition) is 3. The Morgan fingerprint density at radius 1 is 1.26 bits per heavy atom. The number of rotatable bonds is 1. The summed E-state index contributed by atoms with van der Waals surface area (Å²) in [5, 5.41) is 9.59. The number of halogens is 2. The van der Waals surface area contributed by atoms with E-state index in [1.807, 2.05) is 6.92 Å². The Morgan fingerprint density at radius 3 is 2.79 bits per heavy atom. The maximum Gasteiger partial charge on any atom is 0.174 e. The van der Waals surface area contributed by atoms with Crippen molar-refractivity contribution in [3.05, 3.63) is 29.5 Å². The van der Waals surface area contributed by atoms with E-state index < -0.39 is 5.82 Å². The Morgan fingerprint density at radius 2 is 2.05 bits per heavy atom. The maximum atomic E-state index is 13.1. The quantitative estimate of drug-likeness (QED) is 0.741. The van der Waals surface area contributed by atoms with Crippen molar-refractivity contribution < 1.29 is 4.39 Å². The molecular weight excluding hydrogens is 271 g/mol. The molecule has 0 atom stereocenters. The molecule has 1 aromatic heterocycles. The van der Waals surface area contributed by atoms with Crippen LogP contribution in [-0.4, -0.2) is 21.6 Å². The number of nitrogens with zero attached hydrogens (tertiary/aromatic N) is 3. The summed E-state index contributed by atoms with van der Waals surface area (Å²) in [7, 11) is 0. The molecule has 2 heterocycles. The standard InChI is InChI=1S/C11H11FN6.ClH/c1-2-18-16-9-10(13)14-8-5-6(12)3-4-7(8)15-11(9)17-18;/h3-5,13,16-17H,2H2,1H3;1H. The molecule has 1 aliphatic heterocycles. The highest BCUT2D eigenvalue weighted by Gasteiger charge is 2.19. The molecule has 3 N–H and O–H groups in total. The fourth-order valence-corrected chi connectivity index (χ4v) is 1.78. The van der Waals surface area contributed by atoms with E-state index in [4.69, 9.17) is 5.41 Å². The molecule has 0 amide bonds. The summed E-state index contributed by atoms with van der Waals surface area (Å²) in [5.41, 5.74) is 7.41. The van der Waals surface area contributed by atoms with E-state index in [1.165, 1.54) is 12.1 Å². The third kappa shape index (κ3) is 2.29. The van der Waals surface area contributed by atoms with Crippen molar-refractivity contribution in [3.63, 3.8) is 0 Å². The molecule has 0 saturated heterocycles. The van der Waals surface area contributed by atoms with Crippen LogP contribution >= 0.6 is 12.4 Å². The third-order valence-corrected chi connectivity index (χ3v) is 2.68. The van der Waals surface area contributed by atoms with Gasteiger partial charge in [0.1, 0.15) is 11.5 Å². The van der Waals surface area contributed by atoms with Gasteiger partial charge in [0.2, 0.25) is 0 Å². The van der Waals surface area contributed by atoms with Crippen LogP contribution in [0.5, 0.6) is 0 Å². The molecule has 0 radical (unpaired) electrons. The van der Waals surface area contributed by atoms with Crippen molar-refractivity contribution in [1.82, 2.24) is 15.1 Å². The van der Waals surface area contributed by atoms with E-state index in [0.29, 0.717) is 29.1 Å². The largest absolute Gasteiger partial charge is 0.295 e. The number of hydrazine groups is 2. The van der Waals surface area contributed by atoms with E-state index in [1.54, 1.807) is 11.2 Å². The average molecular weight is 283 g/mol. The van der Waals surface area contributed by atoms with Gasteiger partial charge < -0.3 is 0 Å². The van der Waals surface area contributed by atoms with Crippen LogP contribution < -0.4 is 16.3 Å². The molecule has 8 heteroatoms. The minimum Gasteiger partial charge on any atom is -0.295 e. The van der Waals surface area contributed by atoms with Gasteiger partial charge in [-0.3, -0.25) is 16.3 Å². The molecule has 100 valence electrons. The zero-order valence-electron chi connectivity index (χ0n) is 10.1. The topological polar surface area (TPSA) is 76.9 Å². The first-order valence-corrected chi connectivity index (χ1v) is 5.54. The second-order valence-electron chi connectivity index (χ2n) is 3.90. The molecule has 0 aliphatic carbocycles. The van der Waals surface area contributed by atoms with Gasteiger partial charge in [-0.2, -0.15) is 0 Å². The second-order valence-corrected chi connectivity index (χ2v) is 3.90. The Labute approximate surface area is 114 Å². The van der Waals surface area contributed by atoms with Gasteiger partial charge in [0.15, 0.2) is 11.3 Å². The maximum absolute atomic E-state index is 13.1. The predicted octanol–water partition coefficient (Wildman–Crippen LogP) is 1.66. The number of aromatic nitrogens is 2. The van der Waals surface area contributed by atoms with Crippen LogP contribution in [0.15, 0.2) is 18.2 Å². The third-order valence-electron chi connectivity index (χ3n) is 2.68. The second kappa shape index (κ2) is 4.94. The van der Waals surface area contributed by atoms with Crippen LogP contribution in [0, 0.1) is 11.2 Å². The highest BCUT2D eigenvalue weighted by atomic mass is 35.5. The first-order chi connectivity index (χ1) is 8.67. The monoisotopic (exact) mass is 282 g/mol. The number of benzene rings is 1. The average Bonchev–Trinajstić information content (AvgIpc) is 2.71. The normalized spacial score (nSPS) is 13.4. The number of fused-ring (bicyclic) bond motifs is 2. The SMILES string of the molecule is CCN1Nc2nc3ccc(F)cc3nc(=N)c2N1.Cl. The molecule has 0 bridgehead atoms. The zero-order chi connectivity index (χ0) is 12.7. The number of anilines is 2. The van der Waals surface area contributed by atoms with Crippen molar-refractivity contribution in [2.75, 3.05) is 17.4 Å². The van der Waals surface area contributed by atoms with Crippen molar-refractivity contribution in [1.29, 1.82) is 5.41 Å². The minimum atomic E-state index is -0.390. The highest BCUT2D eigenvalue weighted by molar-refractivity contribution is 5.85. The van der Waals surface area contributed by atoms with Crippen molar-refractivity contribution in [2.45, 2.75) is 6.92 Å². The smallest absolute Gasteiger partial charge is 0.174 e. The Bertz CT molecular complexity index is 692. The van der Waals surface area contributed by atoms with Crippen molar-refractivity contribution in [3.8, 4) is 0 Å². The molecule has 1 aliphatic rings. The van der Waals surface area contributed by atoms with E-state index >= 15 is 0 Å². The lowest BCUT2D eigenvalue weighted by molar-refractivity contribution is 0.434. The molecular formula is C11H12ClFN6. The van der Waals surface area contributed by atoms with Gasteiger partial charge in [0.05, 0.1) is 11.0 Å². The predicted molar refractivity (Wildman–Crippen MR) is 72.2 cm³/mol. The molecule has 2 aromatic rings. The van der Waals surface area contributed by atoms with Gasteiger partial charge in [0.25, 0.3) is 0 Å². The summed E-state index contributed by atoms with van der Waals surface area (Å²) < 4.78 is 13.1. The molecule has 0 unspecified atom stereocenters. The van der Waals surface area contributed by atoms with E-state index in [2.05, 4.69) is 20.8 Å². The lowest BCUT2D eigenvalue weighted by atomic mass is 10.3. The highest BCUT2D eigenvalue weighted by Crippen LogP contribution is 2.22. The number of nitrogens with one attached hydrogen (secondary N) is 3. The summed E-state index contributed by atoms with van der Waals surface area (Å²) in [6, 6.07) is 4.15. The molecule has 0 spiro atoms. The van der Waals surface area contributed by atoms with Gasteiger partial charge in [0, 0.05) is 12.6 Å². The Hall–Kier alpha value is -1.99. The summed E-state index contributed by atoms with van der Waals surface area (Å²) in [6.45, 7) is 2.66. The zero-order valence-corrected chi connectivity index (χ0v) is 10.9.